The molecule has 0 radical (unpaired) electrons. The van der Waals surface area contributed by atoms with Gasteiger partial charge in [-0.3, -0.25) is 29.6 Å². The van der Waals surface area contributed by atoms with E-state index in [-0.39, 0.29) is 18.5 Å². The van der Waals surface area contributed by atoms with Gasteiger partial charge in [0.25, 0.3) is 11.8 Å². The number of nitrogens with one attached hydrogen (secondary N) is 2. The number of aryl methyl sites for hydroxylation is 1. The molecular weight excluding hydrogens is 522 g/mol. The van der Waals surface area contributed by atoms with Crippen LogP contribution in [0.1, 0.15) is 29.3 Å². The number of nitrogens with zero attached hydrogens (tertiary/aromatic N) is 1. The van der Waals surface area contributed by atoms with Gasteiger partial charge in [-0.1, -0.05) is 22.9 Å². The van der Waals surface area contributed by atoms with Crippen LogP contribution in [0.2, 0.25) is 0 Å². The predicted molar refractivity (Wildman–Crippen MR) is 130 cm³/mol. The number of rotatable bonds is 9. The summed E-state index contributed by atoms with van der Waals surface area (Å²) in [5, 5.41) is 3.79. The number of amides is 3. The number of halogens is 1. The van der Waals surface area contributed by atoms with Crippen LogP contribution < -0.4 is 20.2 Å². The van der Waals surface area contributed by atoms with Gasteiger partial charge in [0.05, 0.1) is 26.7 Å². The lowest BCUT2D eigenvalue weighted by molar-refractivity contribution is -0.151. The molecule has 1 atom stereocenters. The van der Waals surface area contributed by atoms with Gasteiger partial charge in [0.1, 0.15) is 11.5 Å². The van der Waals surface area contributed by atoms with Crippen molar-refractivity contribution in [3.05, 3.63) is 52.0 Å². The molecular formula is C24H26BrN3O7. The molecule has 0 unspecified atom stereocenters. The minimum atomic E-state index is -0.811. The summed E-state index contributed by atoms with van der Waals surface area (Å²) in [6, 6.07) is 10.1. The number of hydrazine groups is 1. The van der Waals surface area contributed by atoms with Crippen LogP contribution in [0.25, 0.3) is 0 Å². The Hall–Kier alpha value is -3.60. The van der Waals surface area contributed by atoms with E-state index in [4.69, 9.17) is 14.2 Å². The van der Waals surface area contributed by atoms with Crippen LogP contribution in [0.15, 0.2) is 40.9 Å². The normalized spacial score (nSPS) is 14.9. The number of esters is 1. The summed E-state index contributed by atoms with van der Waals surface area (Å²) in [5.74, 6) is -2.18. The Morgan fingerprint density at radius 1 is 1.09 bits per heavy atom. The average molecular weight is 548 g/mol. The maximum atomic E-state index is 12.6. The van der Waals surface area contributed by atoms with E-state index in [0.29, 0.717) is 23.6 Å². The molecule has 1 aliphatic rings. The number of carbonyl (C=O) groups is 4. The molecule has 2 aromatic rings. The van der Waals surface area contributed by atoms with E-state index >= 15 is 0 Å². The summed E-state index contributed by atoms with van der Waals surface area (Å²) in [6.45, 7) is 1.40. The third-order valence-electron chi connectivity index (χ3n) is 5.38. The molecule has 3 rings (SSSR count). The third kappa shape index (κ3) is 6.72. The van der Waals surface area contributed by atoms with Crippen LogP contribution in [-0.2, 0) is 25.5 Å². The second-order valence-corrected chi connectivity index (χ2v) is 8.67. The highest BCUT2D eigenvalue weighted by Crippen LogP contribution is 2.24. The van der Waals surface area contributed by atoms with Crippen molar-refractivity contribution in [3.63, 3.8) is 0 Å². The Morgan fingerprint density at radius 3 is 2.40 bits per heavy atom. The SMILES string of the molecule is CCc1cc(Br)ccc1NC(=O)COC(=O)[C@H]1CC(=O)N(NC(=O)c2cc(OC)cc(OC)c2)C1. The molecule has 1 aliphatic heterocycles. The van der Waals surface area contributed by atoms with Gasteiger partial charge in [0.15, 0.2) is 6.61 Å². The van der Waals surface area contributed by atoms with E-state index in [9.17, 15) is 19.2 Å². The quantitative estimate of drug-likeness (QED) is 0.462. The Labute approximate surface area is 211 Å². The van der Waals surface area contributed by atoms with Crippen LogP contribution in [0, 0.1) is 5.92 Å². The molecule has 3 amide bonds. The highest BCUT2D eigenvalue weighted by molar-refractivity contribution is 9.10. The maximum absolute atomic E-state index is 12.6. The van der Waals surface area contributed by atoms with Crippen LogP contribution in [-0.4, -0.2) is 56.1 Å². The van der Waals surface area contributed by atoms with Crippen molar-refractivity contribution in [1.29, 1.82) is 0 Å². The Morgan fingerprint density at radius 2 is 1.77 bits per heavy atom. The number of hydrogen-bond acceptors (Lipinski definition) is 7. The summed E-state index contributed by atoms with van der Waals surface area (Å²) >= 11 is 3.39. The Kier molecular flexibility index (Phi) is 8.69. The van der Waals surface area contributed by atoms with Crippen molar-refractivity contribution in [2.45, 2.75) is 19.8 Å². The highest BCUT2D eigenvalue weighted by Gasteiger charge is 2.37. The molecule has 1 fully saturated rings. The molecule has 10 nitrogen and oxygen atoms in total. The fourth-order valence-corrected chi connectivity index (χ4v) is 3.93. The van der Waals surface area contributed by atoms with Crippen molar-refractivity contribution in [2.24, 2.45) is 5.92 Å². The molecule has 11 heteroatoms. The molecule has 2 aromatic carbocycles. The first-order valence-corrected chi connectivity index (χ1v) is 11.6. The molecule has 2 N–H and O–H groups in total. The first kappa shape index (κ1) is 26.0. The summed E-state index contributed by atoms with van der Waals surface area (Å²) in [7, 11) is 2.91. The molecule has 1 saturated heterocycles. The second kappa shape index (κ2) is 11.7. The highest BCUT2D eigenvalue weighted by atomic mass is 79.9. The molecule has 0 aromatic heterocycles. The van der Waals surface area contributed by atoms with E-state index in [1.54, 1.807) is 18.2 Å². The third-order valence-corrected chi connectivity index (χ3v) is 5.87. The van der Waals surface area contributed by atoms with E-state index in [2.05, 4.69) is 26.7 Å². The van der Waals surface area contributed by atoms with Crippen molar-refractivity contribution >= 4 is 45.3 Å². The van der Waals surface area contributed by atoms with E-state index < -0.39 is 36.2 Å². The van der Waals surface area contributed by atoms with Gasteiger partial charge in [0, 0.05) is 28.2 Å². The molecule has 0 bridgehead atoms. The van der Waals surface area contributed by atoms with E-state index in [1.165, 1.54) is 26.4 Å². The van der Waals surface area contributed by atoms with Gasteiger partial charge in [-0.15, -0.1) is 0 Å². The lowest BCUT2D eigenvalue weighted by atomic mass is 10.1. The van der Waals surface area contributed by atoms with Crippen LogP contribution in [0.5, 0.6) is 11.5 Å². The zero-order valence-corrected chi connectivity index (χ0v) is 21.1. The molecule has 0 aliphatic carbocycles. The second-order valence-electron chi connectivity index (χ2n) is 7.76. The van der Waals surface area contributed by atoms with Crippen LogP contribution >= 0.6 is 15.9 Å². The molecule has 0 saturated carbocycles. The van der Waals surface area contributed by atoms with Crippen molar-refractivity contribution in [1.82, 2.24) is 10.4 Å². The number of ether oxygens (including phenoxy) is 3. The van der Waals surface area contributed by atoms with Gasteiger partial charge in [-0.25, -0.2) is 0 Å². The number of methoxy groups -OCH3 is 2. The summed E-state index contributed by atoms with van der Waals surface area (Å²) in [5.41, 5.74) is 4.27. The lowest BCUT2D eigenvalue weighted by Crippen LogP contribution is -2.43. The fourth-order valence-electron chi connectivity index (χ4n) is 3.52. The molecule has 0 spiro atoms. The van der Waals surface area contributed by atoms with Gasteiger partial charge in [0.2, 0.25) is 5.91 Å². The smallest absolute Gasteiger partial charge is 0.311 e. The maximum Gasteiger partial charge on any atom is 0.311 e. The van der Waals surface area contributed by atoms with Gasteiger partial charge in [-0.05, 0) is 42.3 Å². The summed E-state index contributed by atoms with van der Waals surface area (Å²) in [6.07, 6.45) is 0.567. The first-order valence-electron chi connectivity index (χ1n) is 10.8. The van der Waals surface area contributed by atoms with Crippen LogP contribution in [0.4, 0.5) is 5.69 Å². The minimum Gasteiger partial charge on any atom is -0.497 e. The topological polar surface area (TPSA) is 123 Å². The minimum absolute atomic E-state index is 0.0706. The van der Waals surface area contributed by atoms with Crippen molar-refractivity contribution in [2.75, 3.05) is 32.7 Å². The number of anilines is 1. The Bertz CT molecular complexity index is 1120. The standard InChI is InChI=1S/C24H26BrN3O7/c1-4-14-7-17(25)5-6-20(14)26-21(29)13-35-24(32)16-10-22(30)28(12-16)27-23(31)15-8-18(33-2)11-19(9-15)34-3/h5-9,11,16H,4,10,12-13H2,1-3H3,(H,26,29)(H,27,31)/t16-/m0/s1. The van der Waals surface area contributed by atoms with Crippen LogP contribution in [0.3, 0.4) is 0 Å². The van der Waals surface area contributed by atoms with E-state index in [1.807, 2.05) is 13.0 Å². The monoisotopic (exact) mass is 547 g/mol. The first-order chi connectivity index (χ1) is 16.7. The van der Waals surface area contributed by atoms with Crippen molar-refractivity contribution in [3.8, 4) is 11.5 Å². The van der Waals surface area contributed by atoms with Crippen molar-refractivity contribution < 1.29 is 33.4 Å². The zero-order chi connectivity index (χ0) is 25.5. The van der Waals surface area contributed by atoms with Gasteiger partial charge >= 0.3 is 5.97 Å². The van der Waals surface area contributed by atoms with Gasteiger partial charge < -0.3 is 19.5 Å². The number of carbonyl (C=O) groups excluding carboxylic acids is 4. The molecule has 35 heavy (non-hydrogen) atoms. The average Bonchev–Trinajstić information content (AvgIpc) is 3.23. The fraction of sp³-hybridized carbons (Fsp3) is 0.333. The molecule has 1 heterocycles. The number of benzene rings is 2. The van der Waals surface area contributed by atoms with E-state index in [0.717, 1.165) is 15.0 Å². The number of hydrogen-bond donors (Lipinski definition) is 2. The predicted octanol–water partition coefficient (Wildman–Crippen LogP) is 2.70. The van der Waals surface area contributed by atoms with Gasteiger partial charge in [-0.2, -0.15) is 0 Å². The zero-order valence-electron chi connectivity index (χ0n) is 19.6. The Balaban J connectivity index is 1.53. The molecule has 186 valence electrons. The summed E-state index contributed by atoms with van der Waals surface area (Å²) < 4.78 is 16.3. The largest absolute Gasteiger partial charge is 0.497 e. The summed E-state index contributed by atoms with van der Waals surface area (Å²) in [4.78, 5) is 49.7. The lowest BCUT2D eigenvalue weighted by Gasteiger charge is -2.18.